The number of hydrogen-bond donors (Lipinski definition) is 1. The summed E-state index contributed by atoms with van der Waals surface area (Å²) in [5.74, 6) is -0.344. The summed E-state index contributed by atoms with van der Waals surface area (Å²) in [6.07, 6.45) is 1.48. The smallest absolute Gasteiger partial charge is 0.264 e. The van der Waals surface area contributed by atoms with Crippen molar-refractivity contribution in [2.24, 2.45) is 0 Å². The standard InChI is InChI=1S/C21H19ClN2O3S2/c1-2-12-24(20-11-4-3-10-19(20)22)29(26,27)18-9-5-7-16(14-18)21(25)23-15-17-8-6-13-28-17/h2-11,13-14H,1,12,15H2,(H,23,25). The number of benzene rings is 2. The molecular weight excluding hydrogens is 428 g/mol. The lowest BCUT2D eigenvalue weighted by atomic mass is 10.2. The molecule has 2 aromatic carbocycles. The fourth-order valence-corrected chi connectivity index (χ4v) is 5.14. The third kappa shape index (κ3) is 4.87. The van der Waals surface area contributed by atoms with Gasteiger partial charge in [0.15, 0.2) is 0 Å². The Morgan fingerprint density at radius 2 is 1.93 bits per heavy atom. The molecule has 1 N–H and O–H groups in total. The van der Waals surface area contributed by atoms with E-state index in [9.17, 15) is 13.2 Å². The molecule has 3 rings (SSSR count). The van der Waals surface area contributed by atoms with Crippen LogP contribution in [0.15, 0.2) is 83.6 Å². The highest BCUT2D eigenvalue weighted by Gasteiger charge is 2.26. The summed E-state index contributed by atoms with van der Waals surface area (Å²) in [5, 5.41) is 5.04. The molecule has 0 saturated carbocycles. The van der Waals surface area contributed by atoms with Crippen molar-refractivity contribution in [1.29, 1.82) is 0 Å². The minimum atomic E-state index is -3.95. The number of hydrogen-bond acceptors (Lipinski definition) is 4. The molecule has 1 amide bonds. The fourth-order valence-electron chi connectivity index (χ4n) is 2.70. The second-order valence-corrected chi connectivity index (χ2v) is 9.37. The van der Waals surface area contributed by atoms with Crippen LogP contribution in [0.4, 0.5) is 5.69 Å². The number of amides is 1. The average molecular weight is 447 g/mol. The van der Waals surface area contributed by atoms with Gasteiger partial charge in [0, 0.05) is 10.4 Å². The molecule has 1 heterocycles. The lowest BCUT2D eigenvalue weighted by molar-refractivity contribution is 0.0951. The van der Waals surface area contributed by atoms with Gasteiger partial charge in [-0.05, 0) is 41.8 Å². The van der Waals surface area contributed by atoms with Gasteiger partial charge in [0.1, 0.15) is 0 Å². The van der Waals surface area contributed by atoms with E-state index in [1.54, 1.807) is 36.4 Å². The summed E-state index contributed by atoms with van der Waals surface area (Å²) < 4.78 is 27.7. The number of anilines is 1. The highest BCUT2D eigenvalue weighted by molar-refractivity contribution is 7.92. The Labute approximate surface area is 179 Å². The zero-order chi connectivity index (χ0) is 20.9. The topological polar surface area (TPSA) is 66.5 Å². The van der Waals surface area contributed by atoms with Crippen LogP contribution in [0.1, 0.15) is 15.2 Å². The van der Waals surface area contributed by atoms with Crippen LogP contribution in [-0.4, -0.2) is 20.9 Å². The van der Waals surface area contributed by atoms with Gasteiger partial charge < -0.3 is 5.32 Å². The molecule has 29 heavy (non-hydrogen) atoms. The second-order valence-electron chi connectivity index (χ2n) is 6.07. The number of nitrogens with one attached hydrogen (secondary N) is 1. The third-order valence-corrected chi connectivity index (χ3v) is 7.08. The quantitative estimate of drug-likeness (QED) is 0.509. The summed E-state index contributed by atoms with van der Waals surface area (Å²) in [6.45, 7) is 4.07. The van der Waals surface area contributed by atoms with Gasteiger partial charge in [-0.3, -0.25) is 9.10 Å². The van der Waals surface area contributed by atoms with Crippen LogP contribution in [0.2, 0.25) is 5.02 Å². The molecule has 0 spiro atoms. The van der Waals surface area contributed by atoms with E-state index in [2.05, 4.69) is 11.9 Å². The number of sulfonamides is 1. The number of thiophene rings is 1. The maximum Gasteiger partial charge on any atom is 0.264 e. The van der Waals surface area contributed by atoms with Crippen LogP contribution in [0, 0.1) is 0 Å². The second kappa shape index (κ2) is 9.26. The van der Waals surface area contributed by atoms with Gasteiger partial charge in [0.25, 0.3) is 15.9 Å². The number of carbonyl (C=O) groups is 1. The number of rotatable bonds is 8. The fraction of sp³-hybridized carbons (Fsp3) is 0.0952. The summed E-state index contributed by atoms with van der Waals surface area (Å²) >= 11 is 7.75. The molecule has 0 atom stereocenters. The van der Waals surface area contributed by atoms with E-state index in [1.807, 2.05) is 17.5 Å². The van der Waals surface area contributed by atoms with E-state index in [0.29, 0.717) is 17.3 Å². The van der Waals surface area contributed by atoms with Crippen molar-refractivity contribution in [2.75, 3.05) is 10.8 Å². The maximum absolute atomic E-state index is 13.3. The zero-order valence-corrected chi connectivity index (χ0v) is 17.8. The summed E-state index contributed by atoms with van der Waals surface area (Å²) in [4.78, 5) is 13.5. The van der Waals surface area contributed by atoms with Gasteiger partial charge in [-0.15, -0.1) is 17.9 Å². The van der Waals surface area contributed by atoms with Crippen molar-refractivity contribution in [3.05, 3.63) is 94.2 Å². The Kier molecular flexibility index (Phi) is 6.74. The molecule has 3 aromatic rings. The molecule has 8 heteroatoms. The molecule has 150 valence electrons. The average Bonchev–Trinajstić information content (AvgIpc) is 3.24. The van der Waals surface area contributed by atoms with Crippen molar-refractivity contribution in [1.82, 2.24) is 5.32 Å². The minimum Gasteiger partial charge on any atom is -0.347 e. The molecule has 0 bridgehead atoms. The molecule has 0 unspecified atom stereocenters. The van der Waals surface area contributed by atoms with Gasteiger partial charge in [-0.25, -0.2) is 8.42 Å². The van der Waals surface area contributed by atoms with Crippen LogP contribution < -0.4 is 9.62 Å². The molecule has 0 saturated heterocycles. The van der Waals surface area contributed by atoms with Crippen molar-refractivity contribution < 1.29 is 13.2 Å². The molecule has 0 fully saturated rings. The van der Waals surface area contributed by atoms with Crippen molar-refractivity contribution in [2.45, 2.75) is 11.4 Å². The molecular formula is C21H19ClN2O3S2. The van der Waals surface area contributed by atoms with Gasteiger partial charge in [-0.1, -0.05) is 41.9 Å². The Morgan fingerprint density at radius 3 is 2.62 bits per heavy atom. The molecule has 0 aliphatic heterocycles. The summed E-state index contributed by atoms with van der Waals surface area (Å²) in [5.41, 5.74) is 0.613. The molecule has 1 aromatic heterocycles. The first-order chi connectivity index (χ1) is 13.9. The Morgan fingerprint density at radius 1 is 1.14 bits per heavy atom. The van der Waals surface area contributed by atoms with Crippen molar-refractivity contribution >= 4 is 44.6 Å². The summed E-state index contributed by atoms with van der Waals surface area (Å²) in [6, 6.07) is 16.5. The van der Waals surface area contributed by atoms with E-state index in [0.717, 1.165) is 4.88 Å². The Hall–Kier alpha value is -2.61. The van der Waals surface area contributed by atoms with E-state index >= 15 is 0 Å². The third-order valence-electron chi connectivity index (χ3n) is 4.10. The van der Waals surface area contributed by atoms with E-state index in [-0.39, 0.29) is 22.9 Å². The summed E-state index contributed by atoms with van der Waals surface area (Å²) in [7, 11) is -3.95. The normalized spacial score (nSPS) is 11.1. The predicted octanol–water partition coefficient (Wildman–Crippen LogP) is 4.71. The lowest BCUT2D eigenvalue weighted by Gasteiger charge is -2.24. The maximum atomic E-state index is 13.3. The number of nitrogens with zero attached hydrogens (tertiary/aromatic N) is 1. The van der Waals surface area contributed by atoms with Gasteiger partial charge in [-0.2, -0.15) is 0 Å². The first kappa shape index (κ1) is 21.1. The highest BCUT2D eigenvalue weighted by atomic mass is 35.5. The largest absolute Gasteiger partial charge is 0.347 e. The van der Waals surface area contributed by atoms with Crippen LogP contribution >= 0.6 is 22.9 Å². The Bertz CT molecular complexity index is 1110. The molecule has 0 radical (unpaired) electrons. The van der Waals surface area contributed by atoms with E-state index < -0.39 is 10.0 Å². The van der Waals surface area contributed by atoms with E-state index in [4.69, 9.17) is 11.6 Å². The molecule has 0 aliphatic carbocycles. The van der Waals surface area contributed by atoms with E-state index in [1.165, 1.54) is 33.9 Å². The Balaban J connectivity index is 1.89. The van der Waals surface area contributed by atoms with Crippen LogP contribution in [0.25, 0.3) is 0 Å². The number of para-hydroxylation sites is 1. The van der Waals surface area contributed by atoms with Gasteiger partial charge in [0.2, 0.25) is 0 Å². The lowest BCUT2D eigenvalue weighted by Crippen LogP contribution is -2.31. The van der Waals surface area contributed by atoms with Crippen molar-refractivity contribution in [3.63, 3.8) is 0 Å². The first-order valence-corrected chi connectivity index (χ1v) is 11.4. The number of carbonyl (C=O) groups excluding carboxylic acids is 1. The van der Waals surface area contributed by atoms with Crippen molar-refractivity contribution in [3.8, 4) is 0 Å². The molecule has 5 nitrogen and oxygen atoms in total. The van der Waals surface area contributed by atoms with Gasteiger partial charge >= 0.3 is 0 Å². The van der Waals surface area contributed by atoms with Gasteiger partial charge in [0.05, 0.1) is 28.7 Å². The SMILES string of the molecule is C=CCN(c1ccccc1Cl)S(=O)(=O)c1cccc(C(=O)NCc2cccs2)c1. The zero-order valence-electron chi connectivity index (χ0n) is 15.4. The monoisotopic (exact) mass is 446 g/mol. The van der Waals surface area contributed by atoms with Crippen LogP contribution in [-0.2, 0) is 16.6 Å². The predicted molar refractivity (Wildman–Crippen MR) is 118 cm³/mol. The number of halogens is 1. The molecule has 0 aliphatic rings. The highest BCUT2D eigenvalue weighted by Crippen LogP contribution is 2.30. The van der Waals surface area contributed by atoms with Crippen LogP contribution in [0.3, 0.4) is 0 Å². The first-order valence-electron chi connectivity index (χ1n) is 8.72. The van der Waals surface area contributed by atoms with Crippen LogP contribution in [0.5, 0.6) is 0 Å². The minimum absolute atomic E-state index is 0.00282.